The number of methoxy groups -OCH3 is 1. The molecular weight excluding hydrogens is 400 g/mol. The normalized spacial score (nSPS) is 19.2. The highest BCUT2D eigenvalue weighted by Gasteiger charge is 2.36. The van der Waals surface area contributed by atoms with Gasteiger partial charge in [0.15, 0.2) is 5.82 Å². The average molecular weight is 431 g/mol. The summed E-state index contributed by atoms with van der Waals surface area (Å²) in [4.78, 5) is 15.5. The number of aromatic nitrogens is 3. The molecule has 1 saturated heterocycles. The number of benzene rings is 2. The smallest absolute Gasteiger partial charge is 0.157 e. The van der Waals surface area contributed by atoms with Crippen molar-refractivity contribution in [2.45, 2.75) is 51.3 Å². The summed E-state index contributed by atoms with van der Waals surface area (Å²) in [6, 6.07) is 17.1. The summed E-state index contributed by atoms with van der Waals surface area (Å²) in [5, 5.41) is 1.04. The van der Waals surface area contributed by atoms with Crippen molar-refractivity contribution >= 4 is 27.8 Å². The standard InChI is InChI=1S/C26H30N4O2/c1-17(18-8-6-5-7-9-18)30(19-12-13-32-26(2,3)15-19)25-24-23(27-16-28-25)21-14-20(31-4)10-11-22(21)29-24/h5-11,14,16-17,19,29H,12-13,15H2,1-4H3. The van der Waals surface area contributed by atoms with Crippen LogP contribution in [-0.2, 0) is 4.74 Å². The van der Waals surface area contributed by atoms with Crippen LogP contribution in [0.15, 0.2) is 54.9 Å². The number of aromatic amines is 1. The van der Waals surface area contributed by atoms with Crippen molar-refractivity contribution in [1.29, 1.82) is 0 Å². The van der Waals surface area contributed by atoms with Gasteiger partial charge in [-0.2, -0.15) is 0 Å². The minimum atomic E-state index is -0.169. The number of anilines is 1. The molecule has 166 valence electrons. The van der Waals surface area contributed by atoms with Gasteiger partial charge < -0.3 is 19.4 Å². The molecule has 0 radical (unpaired) electrons. The minimum absolute atomic E-state index is 0.147. The van der Waals surface area contributed by atoms with E-state index in [2.05, 4.69) is 66.0 Å². The second-order valence-corrected chi connectivity index (χ2v) is 9.21. The minimum Gasteiger partial charge on any atom is -0.497 e. The van der Waals surface area contributed by atoms with Crippen LogP contribution in [0.4, 0.5) is 5.82 Å². The maximum atomic E-state index is 6.05. The lowest BCUT2D eigenvalue weighted by Gasteiger charge is -2.44. The van der Waals surface area contributed by atoms with E-state index in [1.54, 1.807) is 13.4 Å². The molecule has 0 saturated carbocycles. The molecule has 2 atom stereocenters. The second-order valence-electron chi connectivity index (χ2n) is 9.21. The van der Waals surface area contributed by atoms with Gasteiger partial charge in [-0.25, -0.2) is 9.97 Å². The lowest BCUT2D eigenvalue weighted by molar-refractivity contribution is -0.0597. The van der Waals surface area contributed by atoms with Gasteiger partial charge >= 0.3 is 0 Å². The fourth-order valence-corrected chi connectivity index (χ4v) is 4.98. The summed E-state index contributed by atoms with van der Waals surface area (Å²) >= 11 is 0. The molecule has 2 aromatic carbocycles. The fraction of sp³-hybridized carbons (Fsp3) is 0.385. The van der Waals surface area contributed by atoms with Crippen molar-refractivity contribution in [2.75, 3.05) is 18.6 Å². The molecule has 6 nitrogen and oxygen atoms in total. The molecular formula is C26H30N4O2. The maximum Gasteiger partial charge on any atom is 0.157 e. The Bertz CT molecular complexity index is 1230. The van der Waals surface area contributed by atoms with Gasteiger partial charge in [0.1, 0.15) is 23.1 Å². The summed E-state index contributed by atoms with van der Waals surface area (Å²) in [6.45, 7) is 7.36. The molecule has 4 aromatic rings. The van der Waals surface area contributed by atoms with E-state index < -0.39 is 0 Å². The first kappa shape index (κ1) is 20.8. The first-order chi connectivity index (χ1) is 15.5. The van der Waals surface area contributed by atoms with Crippen LogP contribution >= 0.6 is 0 Å². The monoisotopic (exact) mass is 430 g/mol. The molecule has 5 rings (SSSR count). The molecule has 0 bridgehead atoms. The van der Waals surface area contributed by atoms with Crippen LogP contribution in [0.2, 0.25) is 0 Å². The molecule has 2 unspecified atom stereocenters. The Kier molecular flexibility index (Phi) is 5.25. The molecule has 6 heteroatoms. The molecule has 1 N–H and O–H groups in total. The molecule has 1 aliphatic heterocycles. The first-order valence-corrected chi connectivity index (χ1v) is 11.2. The topological polar surface area (TPSA) is 63.3 Å². The zero-order valence-corrected chi connectivity index (χ0v) is 19.1. The van der Waals surface area contributed by atoms with Crippen molar-refractivity contribution in [3.8, 4) is 5.75 Å². The largest absolute Gasteiger partial charge is 0.497 e. The third-order valence-electron chi connectivity index (χ3n) is 6.58. The lowest BCUT2D eigenvalue weighted by atomic mass is 9.91. The summed E-state index contributed by atoms with van der Waals surface area (Å²) in [7, 11) is 1.69. The van der Waals surface area contributed by atoms with Crippen LogP contribution in [0, 0.1) is 0 Å². The van der Waals surface area contributed by atoms with Gasteiger partial charge in [-0.15, -0.1) is 0 Å². The summed E-state index contributed by atoms with van der Waals surface area (Å²) < 4.78 is 11.5. The van der Waals surface area contributed by atoms with Crippen LogP contribution in [0.3, 0.4) is 0 Å². The van der Waals surface area contributed by atoms with Crippen molar-refractivity contribution < 1.29 is 9.47 Å². The zero-order valence-electron chi connectivity index (χ0n) is 19.1. The maximum absolute atomic E-state index is 6.05. The van der Waals surface area contributed by atoms with E-state index in [0.717, 1.165) is 53.0 Å². The van der Waals surface area contributed by atoms with E-state index in [0.29, 0.717) is 6.04 Å². The third kappa shape index (κ3) is 3.69. The highest BCUT2D eigenvalue weighted by molar-refractivity contribution is 6.08. The zero-order chi connectivity index (χ0) is 22.3. The van der Waals surface area contributed by atoms with Crippen LogP contribution in [0.1, 0.15) is 45.2 Å². The predicted octanol–water partition coefficient (Wildman–Crippen LogP) is 5.64. The van der Waals surface area contributed by atoms with Gasteiger partial charge in [0.2, 0.25) is 0 Å². The highest BCUT2D eigenvalue weighted by atomic mass is 16.5. The van der Waals surface area contributed by atoms with Crippen LogP contribution in [0.25, 0.3) is 21.9 Å². The number of hydrogen-bond donors (Lipinski definition) is 1. The summed E-state index contributed by atoms with van der Waals surface area (Å²) in [5.74, 6) is 1.75. The molecule has 0 spiro atoms. The molecule has 32 heavy (non-hydrogen) atoms. The molecule has 1 aliphatic rings. The van der Waals surface area contributed by atoms with Crippen LogP contribution < -0.4 is 9.64 Å². The predicted molar refractivity (Wildman–Crippen MR) is 128 cm³/mol. The van der Waals surface area contributed by atoms with Gasteiger partial charge in [0, 0.05) is 23.6 Å². The Hall–Kier alpha value is -3.12. The van der Waals surface area contributed by atoms with Gasteiger partial charge in [-0.05, 0) is 57.4 Å². The SMILES string of the molecule is COc1ccc2[nH]c3c(N(C4CCOC(C)(C)C4)C(C)c4ccccc4)ncnc3c2c1. The lowest BCUT2D eigenvalue weighted by Crippen LogP contribution is -2.47. The Balaban J connectivity index is 1.68. The van der Waals surface area contributed by atoms with Gasteiger partial charge in [0.25, 0.3) is 0 Å². The average Bonchev–Trinajstić information content (AvgIpc) is 3.18. The van der Waals surface area contributed by atoms with Crippen molar-refractivity contribution in [1.82, 2.24) is 15.0 Å². The Morgan fingerprint density at radius 3 is 2.72 bits per heavy atom. The molecule has 0 aliphatic carbocycles. The van der Waals surface area contributed by atoms with Crippen molar-refractivity contribution in [3.63, 3.8) is 0 Å². The van der Waals surface area contributed by atoms with E-state index in [1.807, 2.05) is 18.2 Å². The van der Waals surface area contributed by atoms with E-state index in [4.69, 9.17) is 14.5 Å². The third-order valence-corrected chi connectivity index (χ3v) is 6.58. The molecule has 2 aromatic heterocycles. The number of hydrogen-bond acceptors (Lipinski definition) is 5. The Labute approximate surface area is 188 Å². The van der Waals surface area contributed by atoms with E-state index in [9.17, 15) is 0 Å². The Morgan fingerprint density at radius 1 is 1.16 bits per heavy atom. The van der Waals surface area contributed by atoms with Crippen molar-refractivity contribution in [3.05, 3.63) is 60.4 Å². The van der Waals surface area contributed by atoms with Gasteiger partial charge in [-0.3, -0.25) is 0 Å². The highest BCUT2D eigenvalue weighted by Crippen LogP contribution is 2.39. The van der Waals surface area contributed by atoms with Crippen LogP contribution in [-0.4, -0.2) is 40.3 Å². The number of nitrogens with one attached hydrogen (secondary N) is 1. The summed E-state index contributed by atoms with van der Waals surface area (Å²) in [6.07, 6.45) is 3.57. The molecule has 0 amide bonds. The van der Waals surface area contributed by atoms with Gasteiger partial charge in [-0.1, -0.05) is 30.3 Å². The number of ether oxygens (including phenoxy) is 2. The fourth-order valence-electron chi connectivity index (χ4n) is 4.98. The first-order valence-electron chi connectivity index (χ1n) is 11.2. The number of H-pyrrole nitrogens is 1. The van der Waals surface area contributed by atoms with Crippen molar-refractivity contribution in [2.24, 2.45) is 0 Å². The quantitative estimate of drug-likeness (QED) is 0.444. The van der Waals surface area contributed by atoms with E-state index in [-0.39, 0.29) is 11.6 Å². The second kappa shape index (κ2) is 8.10. The van der Waals surface area contributed by atoms with Gasteiger partial charge in [0.05, 0.1) is 18.8 Å². The number of nitrogens with zero attached hydrogens (tertiary/aromatic N) is 3. The molecule has 3 heterocycles. The van der Waals surface area contributed by atoms with E-state index in [1.165, 1.54) is 5.56 Å². The summed E-state index contributed by atoms with van der Waals surface area (Å²) in [5.41, 5.74) is 4.00. The van der Waals surface area contributed by atoms with E-state index >= 15 is 0 Å². The Morgan fingerprint density at radius 2 is 1.97 bits per heavy atom. The number of fused-ring (bicyclic) bond motifs is 3. The number of rotatable bonds is 5. The van der Waals surface area contributed by atoms with Crippen LogP contribution in [0.5, 0.6) is 5.75 Å². The molecule has 1 fully saturated rings.